The van der Waals surface area contributed by atoms with E-state index in [1.807, 2.05) is 4.90 Å². The zero-order valence-corrected chi connectivity index (χ0v) is 15.9. The second-order valence-electron chi connectivity index (χ2n) is 7.60. The SMILES string of the molecule is O=C(c1ccc(-c2ccccc2F)o1)N1CCC(C(=O)N2CCCCC2)CC1. The van der Waals surface area contributed by atoms with Gasteiger partial charge in [-0.15, -0.1) is 0 Å². The quantitative estimate of drug-likeness (QED) is 0.805. The predicted molar refractivity (Wildman–Crippen MR) is 103 cm³/mol. The van der Waals surface area contributed by atoms with Gasteiger partial charge in [-0.05, 0) is 56.4 Å². The van der Waals surface area contributed by atoms with E-state index in [4.69, 9.17) is 4.42 Å². The molecule has 0 aliphatic carbocycles. The summed E-state index contributed by atoms with van der Waals surface area (Å²) < 4.78 is 19.5. The van der Waals surface area contributed by atoms with Gasteiger partial charge in [0.15, 0.2) is 5.76 Å². The molecule has 0 bridgehead atoms. The van der Waals surface area contributed by atoms with Crippen LogP contribution in [0.3, 0.4) is 0 Å². The predicted octanol–water partition coefficient (Wildman–Crippen LogP) is 3.95. The fraction of sp³-hybridized carbons (Fsp3) is 0.455. The zero-order valence-electron chi connectivity index (χ0n) is 15.9. The number of benzene rings is 1. The number of hydrogen-bond acceptors (Lipinski definition) is 3. The van der Waals surface area contributed by atoms with Crippen LogP contribution in [0.4, 0.5) is 4.39 Å². The maximum absolute atomic E-state index is 13.9. The van der Waals surface area contributed by atoms with Gasteiger partial charge < -0.3 is 14.2 Å². The van der Waals surface area contributed by atoms with E-state index < -0.39 is 0 Å². The van der Waals surface area contributed by atoms with Crippen LogP contribution in [-0.2, 0) is 4.79 Å². The van der Waals surface area contributed by atoms with Crippen molar-refractivity contribution in [1.29, 1.82) is 0 Å². The highest BCUT2D eigenvalue weighted by atomic mass is 19.1. The maximum Gasteiger partial charge on any atom is 0.289 e. The van der Waals surface area contributed by atoms with Crippen LogP contribution in [-0.4, -0.2) is 47.8 Å². The van der Waals surface area contributed by atoms with Gasteiger partial charge in [0.05, 0.1) is 5.56 Å². The Morgan fingerprint density at radius 1 is 0.893 bits per heavy atom. The zero-order chi connectivity index (χ0) is 19.5. The summed E-state index contributed by atoms with van der Waals surface area (Å²) >= 11 is 0. The minimum atomic E-state index is -0.382. The lowest BCUT2D eigenvalue weighted by Gasteiger charge is -2.35. The molecule has 148 valence electrons. The Bertz CT molecular complexity index is 849. The summed E-state index contributed by atoms with van der Waals surface area (Å²) in [7, 11) is 0. The van der Waals surface area contributed by atoms with Crippen molar-refractivity contribution < 1.29 is 18.4 Å². The lowest BCUT2D eigenvalue weighted by atomic mass is 9.94. The number of piperidine rings is 2. The maximum atomic E-state index is 13.9. The minimum Gasteiger partial charge on any atom is -0.451 e. The first-order chi connectivity index (χ1) is 13.6. The van der Waals surface area contributed by atoms with Crippen molar-refractivity contribution in [2.45, 2.75) is 32.1 Å². The summed E-state index contributed by atoms with van der Waals surface area (Å²) in [5.41, 5.74) is 0.340. The number of likely N-dealkylation sites (tertiary alicyclic amines) is 2. The van der Waals surface area contributed by atoms with Gasteiger partial charge in [0.1, 0.15) is 11.6 Å². The van der Waals surface area contributed by atoms with Crippen molar-refractivity contribution >= 4 is 11.8 Å². The minimum absolute atomic E-state index is 0.00715. The average Bonchev–Trinajstić information content (AvgIpc) is 3.24. The number of amides is 2. The summed E-state index contributed by atoms with van der Waals surface area (Å²) in [4.78, 5) is 29.1. The molecule has 5 nitrogen and oxygen atoms in total. The Morgan fingerprint density at radius 2 is 1.61 bits per heavy atom. The molecule has 2 aliphatic rings. The van der Waals surface area contributed by atoms with Crippen molar-refractivity contribution in [3.63, 3.8) is 0 Å². The second-order valence-corrected chi connectivity index (χ2v) is 7.60. The van der Waals surface area contributed by atoms with Crippen molar-refractivity contribution in [1.82, 2.24) is 9.80 Å². The Labute approximate surface area is 164 Å². The molecule has 6 heteroatoms. The normalized spacial score (nSPS) is 18.3. The highest BCUT2D eigenvalue weighted by Crippen LogP contribution is 2.27. The van der Waals surface area contributed by atoms with Crippen LogP contribution in [0.2, 0.25) is 0 Å². The average molecular weight is 384 g/mol. The molecule has 0 N–H and O–H groups in total. The van der Waals surface area contributed by atoms with E-state index in [-0.39, 0.29) is 29.3 Å². The van der Waals surface area contributed by atoms with E-state index in [1.54, 1.807) is 35.2 Å². The standard InChI is InChI=1S/C22H25FN2O3/c23-18-7-3-2-6-17(18)19-8-9-20(28-19)22(27)25-14-10-16(11-15-25)21(26)24-12-4-1-5-13-24/h2-3,6-9,16H,1,4-5,10-15H2. The first-order valence-electron chi connectivity index (χ1n) is 10.1. The number of carbonyl (C=O) groups is 2. The molecule has 28 heavy (non-hydrogen) atoms. The van der Waals surface area contributed by atoms with Crippen LogP contribution in [0, 0.1) is 11.7 Å². The molecular weight excluding hydrogens is 359 g/mol. The molecule has 4 rings (SSSR count). The Morgan fingerprint density at radius 3 is 2.32 bits per heavy atom. The van der Waals surface area contributed by atoms with Crippen molar-refractivity contribution in [2.24, 2.45) is 5.92 Å². The van der Waals surface area contributed by atoms with E-state index in [1.165, 1.54) is 12.5 Å². The summed E-state index contributed by atoms with van der Waals surface area (Å²) in [6.45, 7) is 2.81. The number of carbonyl (C=O) groups excluding carboxylic acids is 2. The summed E-state index contributed by atoms with van der Waals surface area (Å²) in [6, 6.07) is 9.55. The third kappa shape index (κ3) is 3.81. The first kappa shape index (κ1) is 18.7. The Hall–Kier alpha value is -2.63. The topological polar surface area (TPSA) is 53.8 Å². The van der Waals surface area contributed by atoms with Crippen molar-refractivity contribution in [2.75, 3.05) is 26.2 Å². The van der Waals surface area contributed by atoms with E-state index >= 15 is 0 Å². The van der Waals surface area contributed by atoms with Gasteiger partial charge >= 0.3 is 0 Å². The van der Waals surface area contributed by atoms with Crippen LogP contribution in [0.25, 0.3) is 11.3 Å². The number of furan rings is 1. The molecule has 0 unspecified atom stereocenters. The molecule has 0 radical (unpaired) electrons. The molecule has 2 aliphatic heterocycles. The smallest absolute Gasteiger partial charge is 0.289 e. The second kappa shape index (κ2) is 8.17. The molecule has 2 amide bonds. The molecule has 2 saturated heterocycles. The van der Waals surface area contributed by atoms with E-state index in [0.29, 0.717) is 37.3 Å². The van der Waals surface area contributed by atoms with E-state index in [9.17, 15) is 14.0 Å². The number of halogens is 1. The molecule has 3 heterocycles. The van der Waals surface area contributed by atoms with Crippen molar-refractivity contribution in [3.05, 3.63) is 48.0 Å². The van der Waals surface area contributed by atoms with Gasteiger partial charge in [-0.3, -0.25) is 9.59 Å². The number of hydrogen-bond donors (Lipinski definition) is 0. The van der Waals surface area contributed by atoms with Crippen LogP contribution >= 0.6 is 0 Å². The van der Waals surface area contributed by atoms with E-state index in [0.717, 1.165) is 25.9 Å². The van der Waals surface area contributed by atoms with Crippen LogP contribution < -0.4 is 0 Å². The molecule has 1 aromatic carbocycles. The van der Waals surface area contributed by atoms with Gasteiger partial charge in [0, 0.05) is 32.1 Å². The number of rotatable bonds is 3. The molecule has 2 fully saturated rings. The third-order valence-electron chi connectivity index (χ3n) is 5.76. The molecule has 2 aromatic rings. The molecule has 0 spiro atoms. The molecule has 0 atom stereocenters. The van der Waals surface area contributed by atoms with Crippen LogP contribution in [0.5, 0.6) is 0 Å². The van der Waals surface area contributed by atoms with Gasteiger partial charge in [0.25, 0.3) is 5.91 Å². The van der Waals surface area contributed by atoms with Gasteiger partial charge in [-0.2, -0.15) is 0 Å². The van der Waals surface area contributed by atoms with Gasteiger partial charge in [0.2, 0.25) is 5.91 Å². The monoisotopic (exact) mass is 384 g/mol. The van der Waals surface area contributed by atoms with Crippen LogP contribution in [0.15, 0.2) is 40.8 Å². The fourth-order valence-electron chi connectivity index (χ4n) is 4.12. The van der Waals surface area contributed by atoms with E-state index in [2.05, 4.69) is 0 Å². The Balaban J connectivity index is 1.37. The molecule has 1 aromatic heterocycles. The molecule has 0 saturated carbocycles. The first-order valence-corrected chi connectivity index (χ1v) is 10.1. The lowest BCUT2D eigenvalue weighted by molar-refractivity contribution is -0.137. The van der Waals surface area contributed by atoms with Crippen LogP contribution in [0.1, 0.15) is 42.7 Å². The fourth-order valence-corrected chi connectivity index (χ4v) is 4.12. The van der Waals surface area contributed by atoms with Crippen molar-refractivity contribution in [3.8, 4) is 11.3 Å². The molecular formula is C22H25FN2O3. The third-order valence-corrected chi connectivity index (χ3v) is 5.76. The summed E-state index contributed by atoms with van der Waals surface area (Å²) in [5.74, 6) is 0.217. The highest BCUT2D eigenvalue weighted by Gasteiger charge is 2.31. The highest BCUT2D eigenvalue weighted by molar-refractivity contribution is 5.92. The van der Waals surface area contributed by atoms with Gasteiger partial charge in [-0.1, -0.05) is 12.1 Å². The Kier molecular flexibility index (Phi) is 5.46. The van der Waals surface area contributed by atoms with Gasteiger partial charge in [-0.25, -0.2) is 4.39 Å². The lowest BCUT2D eigenvalue weighted by Crippen LogP contribution is -2.45. The summed E-state index contributed by atoms with van der Waals surface area (Å²) in [5, 5.41) is 0. The summed E-state index contributed by atoms with van der Waals surface area (Å²) in [6.07, 6.45) is 4.75. The number of nitrogens with zero attached hydrogens (tertiary/aromatic N) is 2. The largest absolute Gasteiger partial charge is 0.451 e.